The standard InChI is InChI=1S/C14H17NO2S/c1-10(7-16)9-18-14-12(8-17)6-11-4-2-3-5-13(11)15-14/h2-6,10,16-17H,7-9H2,1H3. The molecule has 0 bridgehead atoms. The van der Waals surface area contributed by atoms with Crippen molar-refractivity contribution in [2.75, 3.05) is 12.4 Å². The zero-order chi connectivity index (χ0) is 13.0. The van der Waals surface area contributed by atoms with Gasteiger partial charge in [0, 0.05) is 23.3 Å². The van der Waals surface area contributed by atoms with E-state index < -0.39 is 0 Å². The van der Waals surface area contributed by atoms with Gasteiger partial charge in [-0.05, 0) is 18.1 Å². The van der Waals surface area contributed by atoms with Crippen molar-refractivity contribution in [3.63, 3.8) is 0 Å². The molecule has 0 aliphatic carbocycles. The van der Waals surface area contributed by atoms with Crippen LogP contribution in [0, 0.1) is 5.92 Å². The summed E-state index contributed by atoms with van der Waals surface area (Å²) >= 11 is 1.59. The highest BCUT2D eigenvalue weighted by molar-refractivity contribution is 7.99. The van der Waals surface area contributed by atoms with Crippen LogP contribution in [0.25, 0.3) is 10.9 Å². The first-order valence-corrected chi connectivity index (χ1v) is 6.96. The third-order valence-corrected chi connectivity index (χ3v) is 4.11. The van der Waals surface area contributed by atoms with E-state index in [0.717, 1.165) is 27.2 Å². The van der Waals surface area contributed by atoms with E-state index in [1.807, 2.05) is 37.3 Å². The number of benzene rings is 1. The Balaban J connectivity index is 2.30. The molecule has 1 aromatic carbocycles. The van der Waals surface area contributed by atoms with Crippen LogP contribution < -0.4 is 0 Å². The average Bonchev–Trinajstić information content (AvgIpc) is 2.43. The normalized spacial score (nSPS) is 12.8. The first-order chi connectivity index (χ1) is 8.74. The lowest BCUT2D eigenvalue weighted by Crippen LogP contribution is -2.04. The maximum Gasteiger partial charge on any atom is 0.102 e. The molecule has 2 aromatic rings. The third-order valence-electron chi connectivity index (χ3n) is 2.75. The number of aromatic nitrogens is 1. The van der Waals surface area contributed by atoms with Gasteiger partial charge < -0.3 is 10.2 Å². The van der Waals surface area contributed by atoms with E-state index in [1.54, 1.807) is 11.8 Å². The van der Waals surface area contributed by atoms with Crippen LogP contribution in [0.4, 0.5) is 0 Å². The second-order valence-electron chi connectivity index (χ2n) is 4.40. The molecule has 96 valence electrons. The van der Waals surface area contributed by atoms with Gasteiger partial charge in [-0.25, -0.2) is 4.98 Å². The Kier molecular flexibility index (Phi) is 4.58. The van der Waals surface area contributed by atoms with E-state index in [2.05, 4.69) is 4.98 Å². The number of aliphatic hydroxyl groups is 2. The number of nitrogens with zero attached hydrogens (tertiary/aromatic N) is 1. The largest absolute Gasteiger partial charge is 0.396 e. The van der Waals surface area contributed by atoms with Crippen molar-refractivity contribution in [1.82, 2.24) is 4.98 Å². The van der Waals surface area contributed by atoms with Gasteiger partial charge in [0.2, 0.25) is 0 Å². The fraction of sp³-hybridized carbons (Fsp3) is 0.357. The van der Waals surface area contributed by atoms with E-state index in [9.17, 15) is 5.11 Å². The molecule has 0 radical (unpaired) electrons. The van der Waals surface area contributed by atoms with Crippen molar-refractivity contribution >= 4 is 22.7 Å². The van der Waals surface area contributed by atoms with Crippen LogP contribution in [0.3, 0.4) is 0 Å². The van der Waals surface area contributed by atoms with Crippen molar-refractivity contribution < 1.29 is 10.2 Å². The minimum absolute atomic E-state index is 0.00628. The summed E-state index contributed by atoms with van der Waals surface area (Å²) in [5.41, 5.74) is 1.79. The first-order valence-electron chi connectivity index (χ1n) is 5.97. The molecule has 0 aliphatic rings. The fourth-order valence-corrected chi connectivity index (χ4v) is 2.67. The number of para-hydroxylation sites is 1. The third kappa shape index (κ3) is 3.02. The Labute approximate surface area is 111 Å². The van der Waals surface area contributed by atoms with E-state index >= 15 is 0 Å². The predicted octanol–water partition coefficient (Wildman–Crippen LogP) is 2.45. The Morgan fingerprint density at radius 3 is 2.78 bits per heavy atom. The first kappa shape index (κ1) is 13.3. The maximum absolute atomic E-state index is 9.40. The van der Waals surface area contributed by atoms with Crippen molar-refractivity contribution in [1.29, 1.82) is 0 Å². The SMILES string of the molecule is CC(CO)CSc1nc2ccccc2cc1CO. The van der Waals surface area contributed by atoms with Gasteiger partial charge in [-0.3, -0.25) is 0 Å². The molecule has 4 heteroatoms. The van der Waals surface area contributed by atoms with E-state index in [0.29, 0.717) is 0 Å². The Morgan fingerprint density at radius 1 is 1.28 bits per heavy atom. The van der Waals surface area contributed by atoms with Crippen LogP contribution in [0.15, 0.2) is 35.4 Å². The molecule has 0 fully saturated rings. The summed E-state index contributed by atoms with van der Waals surface area (Å²) < 4.78 is 0. The Hall–Kier alpha value is -1.10. The van der Waals surface area contributed by atoms with Crippen LogP contribution in [-0.4, -0.2) is 27.6 Å². The smallest absolute Gasteiger partial charge is 0.102 e. The molecule has 3 nitrogen and oxygen atoms in total. The Bertz CT molecular complexity index is 530. The molecule has 0 saturated carbocycles. The average molecular weight is 263 g/mol. The number of pyridine rings is 1. The van der Waals surface area contributed by atoms with Gasteiger partial charge in [0.1, 0.15) is 5.03 Å². The van der Waals surface area contributed by atoms with E-state index in [1.165, 1.54) is 0 Å². The molecule has 0 saturated heterocycles. The summed E-state index contributed by atoms with van der Waals surface area (Å²) in [5, 5.41) is 20.3. The predicted molar refractivity (Wildman–Crippen MR) is 74.6 cm³/mol. The highest BCUT2D eigenvalue weighted by atomic mass is 32.2. The fourth-order valence-electron chi connectivity index (χ4n) is 1.65. The second-order valence-corrected chi connectivity index (χ2v) is 5.41. The van der Waals surface area contributed by atoms with E-state index in [-0.39, 0.29) is 19.1 Å². The number of hydrogen-bond acceptors (Lipinski definition) is 4. The molecular formula is C14H17NO2S. The molecule has 1 aromatic heterocycles. The number of aliphatic hydroxyl groups excluding tert-OH is 2. The van der Waals surface area contributed by atoms with Gasteiger partial charge in [0.05, 0.1) is 12.1 Å². The summed E-state index contributed by atoms with van der Waals surface area (Å²) in [4.78, 5) is 4.57. The second kappa shape index (κ2) is 6.18. The van der Waals surface area contributed by atoms with Crippen molar-refractivity contribution in [2.24, 2.45) is 5.92 Å². The maximum atomic E-state index is 9.40. The minimum atomic E-state index is -0.00628. The van der Waals surface area contributed by atoms with Gasteiger partial charge in [0.25, 0.3) is 0 Å². The lowest BCUT2D eigenvalue weighted by molar-refractivity contribution is 0.250. The molecule has 0 amide bonds. The molecular weight excluding hydrogens is 246 g/mol. The number of fused-ring (bicyclic) bond motifs is 1. The molecule has 18 heavy (non-hydrogen) atoms. The van der Waals surface area contributed by atoms with Gasteiger partial charge >= 0.3 is 0 Å². The topological polar surface area (TPSA) is 53.4 Å². The molecule has 1 atom stereocenters. The highest BCUT2D eigenvalue weighted by Crippen LogP contribution is 2.26. The summed E-state index contributed by atoms with van der Waals surface area (Å²) in [6.45, 7) is 2.16. The van der Waals surface area contributed by atoms with Gasteiger partial charge in [-0.2, -0.15) is 0 Å². The number of rotatable bonds is 5. The van der Waals surface area contributed by atoms with Crippen LogP contribution in [-0.2, 0) is 6.61 Å². The summed E-state index contributed by atoms with van der Waals surface area (Å²) in [7, 11) is 0. The molecule has 0 aliphatic heterocycles. The zero-order valence-corrected chi connectivity index (χ0v) is 11.2. The van der Waals surface area contributed by atoms with Crippen molar-refractivity contribution in [3.8, 4) is 0 Å². The molecule has 0 spiro atoms. The van der Waals surface area contributed by atoms with Gasteiger partial charge in [0.15, 0.2) is 0 Å². The lowest BCUT2D eigenvalue weighted by Gasteiger charge is -2.10. The van der Waals surface area contributed by atoms with Crippen LogP contribution in [0.1, 0.15) is 12.5 Å². The Morgan fingerprint density at radius 2 is 2.06 bits per heavy atom. The van der Waals surface area contributed by atoms with Gasteiger partial charge in [-0.15, -0.1) is 11.8 Å². The summed E-state index contributed by atoms with van der Waals surface area (Å²) in [5.74, 6) is 1.03. The summed E-state index contributed by atoms with van der Waals surface area (Å²) in [6, 6.07) is 9.86. The van der Waals surface area contributed by atoms with Crippen LogP contribution in [0.2, 0.25) is 0 Å². The van der Waals surface area contributed by atoms with Crippen molar-refractivity contribution in [2.45, 2.75) is 18.6 Å². The van der Waals surface area contributed by atoms with E-state index in [4.69, 9.17) is 5.11 Å². The quantitative estimate of drug-likeness (QED) is 0.814. The zero-order valence-electron chi connectivity index (χ0n) is 10.3. The van der Waals surface area contributed by atoms with Crippen LogP contribution >= 0.6 is 11.8 Å². The van der Waals surface area contributed by atoms with Gasteiger partial charge in [-0.1, -0.05) is 25.1 Å². The highest BCUT2D eigenvalue weighted by Gasteiger charge is 2.09. The number of hydrogen-bond donors (Lipinski definition) is 2. The monoisotopic (exact) mass is 263 g/mol. The molecule has 1 heterocycles. The lowest BCUT2D eigenvalue weighted by atomic mass is 10.2. The molecule has 2 N–H and O–H groups in total. The van der Waals surface area contributed by atoms with Crippen molar-refractivity contribution in [3.05, 3.63) is 35.9 Å². The number of thioether (sulfide) groups is 1. The van der Waals surface area contributed by atoms with Crippen LogP contribution in [0.5, 0.6) is 0 Å². The summed E-state index contributed by atoms with van der Waals surface area (Å²) in [6.07, 6.45) is 0. The molecule has 1 unspecified atom stereocenters. The molecule has 2 rings (SSSR count). The minimum Gasteiger partial charge on any atom is -0.396 e.